The number of hydrogen-bond donors (Lipinski definition) is 1. The third-order valence-electron chi connectivity index (χ3n) is 3.68. The molecule has 1 saturated heterocycles. The molecule has 0 aliphatic carbocycles. The van der Waals surface area contributed by atoms with Gasteiger partial charge < -0.3 is 5.73 Å². The Labute approximate surface area is 112 Å². The monoisotopic (exact) mass is 296 g/mol. The van der Waals surface area contributed by atoms with E-state index in [1.807, 2.05) is 12.1 Å². The van der Waals surface area contributed by atoms with Crippen LogP contribution in [0.3, 0.4) is 0 Å². The van der Waals surface area contributed by atoms with Crippen LogP contribution in [-0.2, 0) is 6.54 Å². The number of likely N-dealkylation sites (tertiary alicyclic amines) is 1. The second-order valence-corrected chi connectivity index (χ2v) is 5.76. The third kappa shape index (κ3) is 3.23. The fourth-order valence-electron chi connectivity index (χ4n) is 2.59. The van der Waals surface area contributed by atoms with Gasteiger partial charge in [-0.05, 0) is 52.9 Å². The van der Waals surface area contributed by atoms with Gasteiger partial charge in [-0.3, -0.25) is 4.90 Å². The Morgan fingerprint density at radius 1 is 1.47 bits per heavy atom. The summed E-state index contributed by atoms with van der Waals surface area (Å²) in [6, 6.07) is 6.14. The molecule has 1 aromatic rings. The van der Waals surface area contributed by atoms with Gasteiger partial charge in [0.15, 0.2) is 0 Å². The summed E-state index contributed by atoms with van der Waals surface area (Å²) >= 11 is 3.59. The van der Waals surface area contributed by atoms with Gasteiger partial charge in [-0.1, -0.05) is 25.5 Å². The van der Waals surface area contributed by atoms with Gasteiger partial charge in [-0.2, -0.15) is 0 Å². The fourth-order valence-corrected chi connectivity index (χ4v) is 2.98. The van der Waals surface area contributed by atoms with Crippen LogP contribution >= 0.6 is 15.9 Å². The number of nitrogens with zero attached hydrogens (tertiary/aromatic N) is 1. The number of nitrogens with two attached hydrogens (primary N) is 1. The van der Waals surface area contributed by atoms with Crippen LogP contribution in [0.1, 0.15) is 31.7 Å². The second-order valence-electron chi connectivity index (χ2n) is 4.97. The van der Waals surface area contributed by atoms with Gasteiger partial charge in [0.05, 0.1) is 0 Å². The zero-order chi connectivity index (χ0) is 12.3. The maximum Gasteiger partial charge on any atom is 0.0461 e. The van der Waals surface area contributed by atoms with Crippen molar-refractivity contribution in [1.29, 1.82) is 0 Å². The third-order valence-corrected chi connectivity index (χ3v) is 4.65. The molecular formula is C14H21BrN2. The van der Waals surface area contributed by atoms with Crippen LogP contribution in [0.4, 0.5) is 5.69 Å². The first-order valence-electron chi connectivity index (χ1n) is 6.46. The molecule has 1 unspecified atom stereocenters. The minimum atomic E-state index is 0.839. The first-order valence-corrected chi connectivity index (χ1v) is 7.25. The fraction of sp³-hybridized carbons (Fsp3) is 0.571. The highest BCUT2D eigenvalue weighted by atomic mass is 79.9. The van der Waals surface area contributed by atoms with E-state index in [1.54, 1.807) is 0 Å². The minimum Gasteiger partial charge on any atom is -0.398 e. The summed E-state index contributed by atoms with van der Waals surface area (Å²) in [5.41, 5.74) is 8.06. The highest BCUT2D eigenvalue weighted by Crippen LogP contribution is 2.27. The summed E-state index contributed by atoms with van der Waals surface area (Å²) in [6.45, 7) is 5.77. The molecule has 2 nitrogen and oxygen atoms in total. The minimum absolute atomic E-state index is 0.839. The predicted molar refractivity (Wildman–Crippen MR) is 76.8 cm³/mol. The Bertz CT molecular complexity index is 378. The van der Waals surface area contributed by atoms with Crippen molar-refractivity contribution >= 4 is 21.6 Å². The van der Waals surface area contributed by atoms with E-state index in [-0.39, 0.29) is 0 Å². The van der Waals surface area contributed by atoms with Crippen molar-refractivity contribution in [2.45, 2.75) is 32.7 Å². The van der Waals surface area contributed by atoms with Crippen LogP contribution in [0.15, 0.2) is 22.7 Å². The van der Waals surface area contributed by atoms with E-state index in [0.29, 0.717) is 0 Å². The number of hydrogen-bond acceptors (Lipinski definition) is 2. The van der Waals surface area contributed by atoms with E-state index in [2.05, 4.69) is 33.8 Å². The van der Waals surface area contributed by atoms with E-state index in [0.717, 1.165) is 22.6 Å². The van der Waals surface area contributed by atoms with E-state index in [1.165, 1.54) is 37.9 Å². The summed E-state index contributed by atoms with van der Waals surface area (Å²) < 4.78 is 1.07. The van der Waals surface area contributed by atoms with Gasteiger partial charge >= 0.3 is 0 Å². The summed E-state index contributed by atoms with van der Waals surface area (Å²) in [6.07, 6.45) is 4.03. The standard InChI is InChI=1S/C14H21BrN2/c1-2-11-5-4-8-17(9-11)10-12-6-3-7-13(16)14(12)15/h3,6-7,11H,2,4-5,8-10,16H2,1H3. The van der Waals surface area contributed by atoms with Crippen molar-refractivity contribution in [1.82, 2.24) is 4.90 Å². The smallest absolute Gasteiger partial charge is 0.0461 e. The number of piperidine rings is 1. The molecule has 0 saturated carbocycles. The summed E-state index contributed by atoms with van der Waals surface area (Å²) in [7, 11) is 0. The molecule has 1 heterocycles. The normalized spacial score (nSPS) is 21.6. The molecule has 1 aliphatic heterocycles. The molecule has 1 fully saturated rings. The first-order chi connectivity index (χ1) is 8.20. The molecule has 0 spiro atoms. The summed E-state index contributed by atoms with van der Waals surface area (Å²) in [4.78, 5) is 2.55. The quantitative estimate of drug-likeness (QED) is 0.863. The predicted octanol–water partition coefficient (Wildman–Crippen LogP) is 3.65. The number of anilines is 1. The van der Waals surface area contributed by atoms with Crippen molar-refractivity contribution < 1.29 is 0 Å². The maximum atomic E-state index is 5.91. The lowest BCUT2D eigenvalue weighted by Gasteiger charge is -2.32. The molecule has 0 bridgehead atoms. The van der Waals surface area contributed by atoms with Gasteiger partial charge in [0.1, 0.15) is 0 Å². The van der Waals surface area contributed by atoms with Crippen LogP contribution in [0.25, 0.3) is 0 Å². The summed E-state index contributed by atoms with van der Waals surface area (Å²) in [5.74, 6) is 0.878. The number of rotatable bonds is 3. The zero-order valence-electron chi connectivity index (χ0n) is 10.5. The molecular weight excluding hydrogens is 276 g/mol. The molecule has 2 rings (SSSR count). The highest BCUT2D eigenvalue weighted by molar-refractivity contribution is 9.10. The van der Waals surface area contributed by atoms with E-state index in [9.17, 15) is 0 Å². The SMILES string of the molecule is CCC1CCCN(Cc2cccc(N)c2Br)C1. The van der Waals surface area contributed by atoms with Crippen LogP contribution < -0.4 is 5.73 Å². The largest absolute Gasteiger partial charge is 0.398 e. The lowest BCUT2D eigenvalue weighted by molar-refractivity contribution is 0.164. The second kappa shape index (κ2) is 5.87. The molecule has 0 aromatic heterocycles. The zero-order valence-corrected chi connectivity index (χ0v) is 12.0. The lowest BCUT2D eigenvalue weighted by Crippen LogP contribution is -2.34. The molecule has 2 N–H and O–H groups in total. The molecule has 0 amide bonds. The van der Waals surface area contributed by atoms with E-state index < -0.39 is 0 Å². The van der Waals surface area contributed by atoms with Crippen molar-refractivity contribution in [3.8, 4) is 0 Å². The van der Waals surface area contributed by atoms with Gasteiger partial charge in [-0.25, -0.2) is 0 Å². The van der Waals surface area contributed by atoms with Crippen molar-refractivity contribution in [3.05, 3.63) is 28.2 Å². The van der Waals surface area contributed by atoms with Crippen molar-refractivity contribution in [3.63, 3.8) is 0 Å². The Balaban J connectivity index is 2.02. The van der Waals surface area contributed by atoms with Crippen LogP contribution in [-0.4, -0.2) is 18.0 Å². The Hall–Kier alpha value is -0.540. The van der Waals surface area contributed by atoms with Crippen LogP contribution in [0, 0.1) is 5.92 Å². The van der Waals surface area contributed by atoms with Gasteiger partial charge in [0.2, 0.25) is 0 Å². The van der Waals surface area contributed by atoms with Crippen molar-refractivity contribution in [2.75, 3.05) is 18.8 Å². The molecule has 1 atom stereocenters. The average molecular weight is 297 g/mol. The molecule has 3 heteroatoms. The number of nitrogen functional groups attached to an aromatic ring is 1. The van der Waals surface area contributed by atoms with Crippen molar-refractivity contribution in [2.24, 2.45) is 5.92 Å². The topological polar surface area (TPSA) is 29.3 Å². The van der Waals surface area contributed by atoms with E-state index in [4.69, 9.17) is 5.73 Å². The Morgan fingerprint density at radius 2 is 2.29 bits per heavy atom. The molecule has 1 aromatic carbocycles. The molecule has 94 valence electrons. The number of halogens is 1. The lowest BCUT2D eigenvalue weighted by atomic mass is 9.95. The maximum absolute atomic E-state index is 5.91. The van der Waals surface area contributed by atoms with Gasteiger partial charge in [-0.15, -0.1) is 0 Å². The van der Waals surface area contributed by atoms with Gasteiger partial charge in [0.25, 0.3) is 0 Å². The van der Waals surface area contributed by atoms with Crippen LogP contribution in [0.5, 0.6) is 0 Å². The van der Waals surface area contributed by atoms with Crippen LogP contribution in [0.2, 0.25) is 0 Å². The van der Waals surface area contributed by atoms with Gasteiger partial charge in [0, 0.05) is 23.2 Å². The summed E-state index contributed by atoms with van der Waals surface area (Å²) in [5, 5.41) is 0. The Morgan fingerprint density at radius 3 is 3.06 bits per heavy atom. The highest BCUT2D eigenvalue weighted by Gasteiger charge is 2.19. The number of benzene rings is 1. The Kier molecular flexibility index (Phi) is 4.46. The molecule has 17 heavy (non-hydrogen) atoms. The van der Waals surface area contributed by atoms with E-state index >= 15 is 0 Å². The average Bonchev–Trinajstić information content (AvgIpc) is 2.35. The molecule has 1 aliphatic rings. The molecule has 0 radical (unpaired) electrons. The first kappa shape index (κ1) is 12.9.